The molecule has 2 aromatic carbocycles. The van der Waals surface area contributed by atoms with Crippen molar-refractivity contribution in [3.8, 4) is 0 Å². The molecule has 6 heteroatoms. The van der Waals surface area contributed by atoms with Gasteiger partial charge in [0.05, 0.1) is 12.2 Å². The number of carbonyl (C=O) groups excluding carboxylic acids is 2. The van der Waals surface area contributed by atoms with Gasteiger partial charge in [0, 0.05) is 30.5 Å². The number of ether oxygens (including phenoxy) is 1. The number of rotatable bonds is 6. The molecule has 0 radical (unpaired) electrons. The lowest BCUT2D eigenvalue weighted by Crippen LogP contribution is -2.34. The zero-order chi connectivity index (χ0) is 19.1. The van der Waals surface area contributed by atoms with Gasteiger partial charge >= 0.3 is 12.0 Å². The number of esters is 1. The van der Waals surface area contributed by atoms with Gasteiger partial charge < -0.3 is 20.3 Å². The molecule has 1 fully saturated rings. The van der Waals surface area contributed by atoms with Crippen LogP contribution in [0.5, 0.6) is 0 Å². The van der Waals surface area contributed by atoms with E-state index in [0.717, 1.165) is 18.5 Å². The van der Waals surface area contributed by atoms with E-state index in [4.69, 9.17) is 4.74 Å². The fourth-order valence-electron chi connectivity index (χ4n) is 3.00. The van der Waals surface area contributed by atoms with Gasteiger partial charge in [0.15, 0.2) is 0 Å². The Balaban J connectivity index is 1.49. The number of anilines is 2. The lowest BCUT2D eigenvalue weighted by Gasteiger charge is -2.18. The van der Waals surface area contributed by atoms with Gasteiger partial charge in [-0.25, -0.2) is 9.59 Å². The summed E-state index contributed by atoms with van der Waals surface area (Å²) in [6.45, 7) is 3.72. The highest BCUT2D eigenvalue weighted by Crippen LogP contribution is 2.17. The Labute approximate surface area is 159 Å². The Kier molecular flexibility index (Phi) is 6.30. The molecule has 1 unspecified atom stereocenters. The molecule has 0 saturated carbocycles. The van der Waals surface area contributed by atoms with E-state index >= 15 is 0 Å². The van der Waals surface area contributed by atoms with Crippen molar-refractivity contribution in [3.05, 3.63) is 60.2 Å². The van der Waals surface area contributed by atoms with E-state index in [1.54, 1.807) is 29.2 Å². The van der Waals surface area contributed by atoms with Crippen LogP contribution in [-0.2, 0) is 4.74 Å². The normalized spacial score (nSPS) is 16.0. The number of nitrogens with one attached hydrogen (secondary N) is 2. The monoisotopic (exact) mass is 367 g/mol. The third-order valence-electron chi connectivity index (χ3n) is 4.43. The van der Waals surface area contributed by atoms with Crippen LogP contribution in [0.15, 0.2) is 54.6 Å². The molecule has 142 valence electrons. The molecule has 2 amide bonds. The quantitative estimate of drug-likeness (QED) is 0.758. The van der Waals surface area contributed by atoms with Crippen molar-refractivity contribution < 1.29 is 14.3 Å². The van der Waals surface area contributed by atoms with E-state index in [1.165, 1.54) is 0 Å². The van der Waals surface area contributed by atoms with E-state index in [9.17, 15) is 9.59 Å². The minimum absolute atomic E-state index is 0.131. The van der Waals surface area contributed by atoms with Gasteiger partial charge in [-0.05, 0) is 49.2 Å². The van der Waals surface area contributed by atoms with Crippen LogP contribution < -0.4 is 10.6 Å². The van der Waals surface area contributed by atoms with Crippen LogP contribution in [0.25, 0.3) is 0 Å². The van der Waals surface area contributed by atoms with Gasteiger partial charge in [0.1, 0.15) is 0 Å². The number of hydrogen-bond donors (Lipinski definition) is 2. The maximum absolute atomic E-state index is 12.5. The number of para-hydroxylation sites is 1. The second-order valence-electron chi connectivity index (χ2n) is 6.59. The second-order valence-corrected chi connectivity index (χ2v) is 6.59. The van der Waals surface area contributed by atoms with Gasteiger partial charge in [0.2, 0.25) is 0 Å². The Morgan fingerprint density at radius 3 is 2.52 bits per heavy atom. The van der Waals surface area contributed by atoms with Crippen molar-refractivity contribution in [2.45, 2.75) is 25.8 Å². The zero-order valence-corrected chi connectivity index (χ0v) is 15.5. The third-order valence-corrected chi connectivity index (χ3v) is 4.43. The molecule has 6 nitrogen and oxygen atoms in total. The molecule has 0 bridgehead atoms. The van der Waals surface area contributed by atoms with Crippen molar-refractivity contribution in [2.75, 3.05) is 30.3 Å². The van der Waals surface area contributed by atoms with Crippen LogP contribution in [0.4, 0.5) is 16.2 Å². The number of nitrogens with zero attached hydrogens (tertiary/aromatic N) is 1. The molecular formula is C21H25N3O3. The predicted molar refractivity (Wildman–Crippen MR) is 106 cm³/mol. The summed E-state index contributed by atoms with van der Waals surface area (Å²) in [6, 6.07) is 16.9. The van der Waals surface area contributed by atoms with Crippen LogP contribution in [0.1, 0.15) is 30.1 Å². The molecule has 1 saturated heterocycles. The summed E-state index contributed by atoms with van der Waals surface area (Å²) in [7, 11) is 0. The van der Waals surface area contributed by atoms with E-state index in [0.29, 0.717) is 30.9 Å². The molecule has 0 aliphatic carbocycles. The van der Waals surface area contributed by atoms with Gasteiger partial charge in [0.25, 0.3) is 0 Å². The van der Waals surface area contributed by atoms with Crippen LogP contribution in [0.3, 0.4) is 0 Å². The minimum Gasteiger partial charge on any atom is -0.462 e. The highest BCUT2D eigenvalue weighted by molar-refractivity contribution is 5.92. The number of amides is 2. The summed E-state index contributed by atoms with van der Waals surface area (Å²) in [5, 5.41) is 6.34. The van der Waals surface area contributed by atoms with Crippen molar-refractivity contribution in [1.29, 1.82) is 0 Å². The summed E-state index contributed by atoms with van der Waals surface area (Å²) in [5.41, 5.74) is 2.21. The number of urea groups is 1. The molecule has 3 rings (SSSR count). The first-order valence-electron chi connectivity index (χ1n) is 9.30. The third kappa shape index (κ3) is 5.23. The Morgan fingerprint density at radius 1 is 1.07 bits per heavy atom. The molecule has 1 aliphatic heterocycles. The van der Waals surface area contributed by atoms with Gasteiger partial charge in [-0.15, -0.1) is 0 Å². The Hall–Kier alpha value is -3.02. The lowest BCUT2D eigenvalue weighted by atomic mass is 10.2. The maximum Gasteiger partial charge on any atom is 0.338 e. The largest absolute Gasteiger partial charge is 0.462 e. The maximum atomic E-state index is 12.5. The molecule has 0 spiro atoms. The molecule has 0 aromatic heterocycles. The van der Waals surface area contributed by atoms with Gasteiger partial charge in [-0.3, -0.25) is 0 Å². The molecule has 2 aromatic rings. The van der Waals surface area contributed by atoms with E-state index in [1.807, 2.05) is 37.3 Å². The Morgan fingerprint density at radius 2 is 1.81 bits per heavy atom. The van der Waals surface area contributed by atoms with E-state index in [-0.39, 0.29) is 18.0 Å². The summed E-state index contributed by atoms with van der Waals surface area (Å²) in [4.78, 5) is 26.1. The minimum atomic E-state index is -0.343. The van der Waals surface area contributed by atoms with E-state index < -0.39 is 0 Å². The highest BCUT2D eigenvalue weighted by atomic mass is 16.5. The van der Waals surface area contributed by atoms with Crippen molar-refractivity contribution in [3.63, 3.8) is 0 Å². The average Bonchev–Trinajstić information content (AvgIpc) is 3.16. The van der Waals surface area contributed by atoms with Crippen LogP contribution >= 0.6 is 0 Å². The second kappa shape index (κ2) is 9.07. The molecule has 1 aliphatic rings. The number of benzene rings is 2. The van der Waals surface area contributed by atoms with Crippen molar-refractivity contribution in [2.24, 2.45) is 0 Å². The smallest absolute Gasteiger partial charge is 0.338 e. The summed E-state index contributed by atoms with van der Waals surface area (Å²) < 4.78 is 5.10. The standard InChI is InChI=1S/C21H25N3O3/c1-2-14-27-20(25)16-8-10-18(11-9-16)23-21(26)24-13-12-19(15-24)22-17-6-4-3-5-7-17/h3-11,19,22H,2,12-15H2,1H3,(H,23,26). The van der Waals surface area contributed by atoms with Crippen LogP contribution in [0.2, 0.25) is 0 Å². The summed E-state index contributed by atoms with van der Waals surface area (Å²) in [6.07, 6.45) is 1.69. The first-order valence-corrected chi connectivity index (χ1v) is 9.30. The van der Waals surface area contributed by atoms with Crippen molar-refractivity contribution in [1.82, 2.24) is 4.90 Å². The zero-order valence-electron chi connectivity index (χ0n) is 15.5. The Bertz CT molecular complexity index is 762. The highest BCUT2D eigenvalue weighted by Gasteiger charge is 2.26. The number of hydrogen-bond acceptors (Lipinski definition) is 4. The fraction of sp³-hybridized carbons (Fsp3) is 0.333. The summed E-state index contributed by atoms with van der Waals surface area (Å²) in [5.74, 6) is -0.343. The molecule has 1 heterocycles. The lowest BCUT2D eigenvalue weighted by molar-refractivity contribution is 0.0505. The molecule has 27 heavy (non-hydrogen) atoms. The average molecular weight is 367 g/mol. The predicted octanol–water partition coefficient (Wildman–Crippen LogP) is 3.97. The van der Waals surface area contributed by atoms with E-state index in [2.05, 4.69) is 10.6 Å². The van der Waals surface area contributed by atoms with Crippen molar-refractivity contribution >= 4 is 23.4 Å². The topological polar surface area (TPSA) is 70.7 Å². The van der Waals surface area contributed by atoms with Crippen LogP contribution in [-0.4, -0.2) is 42.6 Å². The van der Waals surface area contributed by atoms with Gasteiger partial charge in [-0.2, -0.15) is 0 Å². The molecular weight excluding hydrogens is 342 g/mol. The number of carbonyl (C=O) groups is 2. The fourth-order valence-corrected chi connectivity index (χ4v) is 3.00. The summed E-state index contributed by atoms with van der Waals surface area (Å²) >= 11 is 0. The van der Waals surface area contributed by atoms with Crippen LogP contribution in [0, 0.1) is 0 Å². The van der Waals surface area contributed by atoms with Gasteiger partial charge in [-0.1, -0.05) is 25.1 Å². The SMILES string of the molecule is CCCOC(=O)c1ccc(NC(=O)N2CCC(Nc3ccccc3)C2)cc1. The first-order chi connectivity index (χ1) is 13.2. The molecule has 1 atom stereocenters. The number of likely N-dealkylation sites (tertiary alicyclic amines) is 1. The molecule has 2 N–H and O–H groups in total. The first kappa shape index (κ1) is 18.8.